The summed E-state index contributed by atoms with van der Waals surface area (Å²) in [5.41, 5.74) is 2.58. The smallest absolute Gasteiger partial charge is 0.245 e. The first kappa shape index (κ1) is 9.78. The molecule has 0 aromatic carbocycles. The van der Waals surface area contributed by atoms with Crippen molar-refractivity contribution in [1.29, 1.82) is 0 Å². The van der Waals surface area contributed by atoms with E-state index in [4.69, 9.17) is 9.47 Å². The van der Waals surface area contributed by atoms with Crippen LogP contribution in [0.2, 0.25) is 0 Å². The Bertz CT molecular complexity index is 408. The Morgan fingerprint density at radius 1 is 1.44 bits per heavy atom. The summed E-state index contributed by atoms with van der Waals surface area (Å²) in [7, 11) is 3.92. The molecule has 16 heavy (non-hydrogen) atoms. The van der Waals surface area contributed by atoms with Crippen LogP contribution in [0.5, 0.6) is 0 Å². The first-order valence-electron chi connectivity index (χ1n) is 5.51. The number of rotatable bonds is 1. The minimum atomic E-state index is 0.0141. The van der Waals surface area contributed by atoms with Crippen LogP contribution in [0.4, 0.5) is 0 Å². The maximum absolute atomic E-state index is 5.50. The van der Waals surface area contributed by atoms with Crippen LogP contribution in [0.1, 0.15) is 6.42 Å². The first-order chi connectivity index (χ1) is 7.79. The van der Waals surface area contributed by atoms with Gasteiger partial charge in [-0.15, -0.1) is 0 Å². The molecule has 4 heteroatoms. The Labute approximate surface area is 94.8 Å². The molecule has 0 fully saturated rings. The van der Waals surface area contributed by atoms with Crippen LogP contribution in [0.25, 0.3) is 0 Å². The lowest BCUT2D eigenvalue weighted by molar-refractivity contribution is -0.0497. The number of hydrogen-bond acceptors (Lipinski definition) is 3. The molecule has 1 aliphatic carbocycles. The molecule has 4 nitrogen and oxygen atoms in total. The van der Waals surface area contributed by atoms with Gasteiger partial charge in [0, 0.05) is 19.8 Å². The summed E-state index contributed by atoms with van der Waals surface area (Å²) >= 11 is 0. The van der Waals surface area contributed by atoms with Crippen LogP contribution in [0.15, 0.2) is 34.9 Å². The SMILES string of the molecule is C[OH+]C1C2=CN(C)CCC2=CC2=C1OCO2. The third-order valence-corrected chi connectivity index (χ3v) is 3.24. The van der Waals surface area contributed by atoms with E-state index in [1.54, 1.807) is 0 Å². The number of allylic oxidation sites excluding steroid dienone is 1. The second kappa shape index (κ2) is 3.56. The van der Waals surface area contributed by atoms with E-state index >= 15 is 0 Å². The molecule has 1 atom stereocenters. The van der Waals surface area contributed by atoms with Gasteiger partial charge in [-0.05, 0) is 18.1 Å². The van der Waals surface area contributed by atoms with E-state index < -0.39 is 0 Å². The van der Waals surface area contributed by atoms with E-state index in [0.29, 0.717) is 6.79 Å². The molecule has 0 radical (unpaired) electrons. The normalized spacial score (nSPS) is 27.6. The van der Waals surface area contributed by atoms with Crippen LogP contribution >= 0.6 is 0 Å². The third-order valence-electron chi connectivity index (χ3n) is 3.24. The summed E-state index contributed by atoms with van der Waals surface area (Å²) in [6, 6.07) is 0. The molecule has 0 bridgehead atoms. The molecule has 0 saturated carbocycles. The van der Waals surface area contributed by atoms with E-state index in [1.807, 2.05) is 7.11 Å². The summed E-state index contributed by atoms with van der Waals surface area (Å²) in [5.74, 6) is 1.74. The van der Waals surface area contributed by atoms with Gasteiger partial charge in [0.2, 0.25) is 18.7 Å². The van der Waals surface area contributed by atoms with Crippen molar-refractivity contribution in [3.63, 3.8) is 0 Å². The summed E-state index contributed by atoms with van der Waals surface area (Å²) in [6.45, 7) is 1.37. The number of ether oxygens (including phenoxy) is 3. The van der Waals surface area contributed by atoms with Crippen LogP contribution in [-0.2, 0) is 9.47 Å². The number of aliphatic hydroxyl groups is 2. The lowest BCUT2D eigenvalue weighted by atomic mass is 9.89. The highest BCUT2D eigenvalue weighted by molar-refractivity contribution is 5.49. The standard InChI is InChI=1S/C12H15NO3/c1-13-4-3-8-5-10-12(16-7-15-10)11(14-2)9(8)6-13/h5-6,11H,3-4,7H2,1-2H3/p+1. The molecule has 3 aliphatic rings. The molecule has 86 valence electrons. The summed E-state index contributed by atoms with van der Waals surface area (Å²) in [4.78, 5) is 2.20. The van der Waals surface area contributed by atoms with Gasteiger partial charge in [0.15, 0.2) is 5.76 Å². The van der Waals surface area contributed by atoms with E-state index in [1.165, 1.54) is 11.1 Å². The highest BCUT2D eigenvalue weighted by Gasteiger charge is 2.39. The van der Waals surface area contributed by atoms with Crippen LogP contribution < -0.4 is 0 Å². The van der Waals surface area contributed by atoms with E-state index in [-0.39, 0.29) is 6.10 Å². The largest absolute Gasteiger partial charge is 0.454 e. The highest BCUT2D eigenvalue weighted by atomic mass is 16.7. The van der Waals surface area contributed by atoms with Crippen molar-refractivity contribution >= 4 is 0 Å². The number of nitrogens with zero attached hydrogens (tertiary/aromatic N) is 1. The average molecular weight is 222 g/mol. The zero-order valence-electron chi connectivity index (χ0n) is 9.56. The predicted octanol–water partition coefficient (Wildman–Crippen LogP) is 0.888. The van der Waals surface area contributed by atoms with E-state index in [0.717, 1.165) is 24.5 Å². The van der Waals surface area contributed by atoms with Crippen molar-refractivity contribution in [2.45, 2.75) is 12.5 Å². The van der Waals surface area contributed by atoms with E-state index in [9.17, 15) is 0 Å². The zero-order valence-corrected chi connectivity index (χ0v) is 9.56. The van der Waals surface area contributed by atoms with Crippen LogP contribution in [-0.4, -0.2) is 43.2 Å². The second-order valence-electron chi connectivity index (χ2n) is 4.28. The fourth-order valence-electron chi connectivity index (χ4n) is 2.41. The zero-order chi connectivity index (χ0) is 11.1. The van der Waals surface area contributed by atoms with Gasteiger partial charge < -0.3 is 19.1 Å². The molecule has 0 spiro atoms. The molecular weight excluding hydrogens is 206 g/mol. The van der Waals surface area contributed by atoms with Crippen molar-refractivity contribution in [2.75, 3.05) is 27.5 Å². The van der Waals surface area contributed by atoms with Gasteiger partial charge in [0.1, 0.15) is 7.11 Å². The van der Waals surface area contributed by atoms with Gasteiger partial charge in [-0.2, -0.15) is 0 Å². The van der Waals surface area contributed by atoms with E-state index in [2.05, 4.69) is 29.0 Å². The Morgan fingerprint density at radius 3 is 3.12 bits per heavy atom. The highest BCUT2D eigenvalue weighted by Crippen LogP contribution is 2.37. The molecule has 1 unspecified atom stereocenters. The number of fused-ring (bicyclic) bond motifs is 1. The lowest BCUT2D eigenvalue weighted by Gasteiger charge is -2.29. The van der Waals surface area contributed by atoms with Crippen molar-refractivity contribution < 1.29 is 14.2 Å². The minimum Gasteiger partial charge on any atom is -0.454 e. The molecule has 0 amide bonds. The molecule has 0 saturated heterocycles. The molecule has 2 aliphatic heterocycles. The van der Waals surface area contributed by atoms with Crippen LogP contribution in [0, 0.1) is 0 Å². The molecule has 1 N–H and O–H groups in total. The van der Waals surface area contributed by atoms with Crippen molar-refractivity contribution in [2.24, 2.45) is 0 Å². The predicted molar refractivity (Wildman–Crippen MR) is 59.4 cm³/mol. The van der Waals surface area contributed by atoms with Gasteiger partial charge in [0.05, 0.1) is 5.57 Å². The molecule has 2 heterocycles. The third kappa shape index (κ3) is 1.33. The molecule has 0 aromatic rings. The summed E-state index contributed by atoms with van der Waals surface area (Å²) in [6.07, 6.45) is 5.33. The molecule has 0 aromatic heterocycles. The fraction of sp³-hybridized carbons (Fsp3) is 0.500. The number of hydrogen-bond donors (Lipinski definition) is 0. The maximum atomic E-state index is 5.50. The van der Waals surface area contributed by atoms with Gasteiger partial charge >= 0.3 is 0 Å². The Kier molecular flexibility index (Phi) is 2.17. The summed E-state index contributed by atoms with van der Waals surface area (Å²) < 4.78 is 15.4. The van der Waals surface area contributed by atoms with Crippen molar-refractivity contribution in [3.05, 3.63) is 34.9 Å². The molecular formula is C12H16NO3+. The Morgan fingerprint density at radius 2 is 2.31 bits per heavy atom. The summed E-state index contributed by atoms with van der Waals surface area (Å²) in [5, 5.41) is 0. The maximum Gasteiger partial charge on any atom is 0.245 e. The Hall–Kier alpha value is -1.42. The van der Waals surface area contributed by atoms with Gasteiger partial charge in [-0.3, -0.25) is 0 Å². The second-order valence-corrected chi connectivity index (χ2v) is 4.28. The van der Waals surface area contributed by atoms with Gasteiger partial charge in [-0.25, -0.2) is 0 Å². The molecule has 3 rings (SSSR count). The lowest BCUT2D eigenvalue weighted by Crippen LogP contribution is -2.31. The topological polar surface area (TPSA) is 34.5 Å². The fourth-order valence-corrected chi connectivity index (χ4v) is 2.41. The van der Waals surface area contributed by atoms with Gasteiger partial charge in [-0.1, -0.05) is 0 Å². The first-order valence-corrected chi connectivity index (χ1v) is 5.51. The van der Waals surface area contributed by atoms with Crippen LogP contribution in [0.3, 0.4) is 0 Å². The minimum absolute atomic E-state index is 0.0141. The quantitative estimate of drug-likeness (QED) is 0.618. The van der Waals surface area contributed by atoms with Gasteiger partial charge in [0.25, 0.3) is 0 Å². The average Bonchev–Trinajstić information content (AvgIpc) is 2.73. The Balaban J connectivity index is 2.05. The monoisotopic (exact) mass is 222 g/mol. The van der Waals surface area contributed by atoms with Crippen molar-refractivity contribution in [3.8, 4) is 0 Å². The van der Waals surface area contributed by atoms with Crippen molar-refractivity contribution in [1.82, 2.24) is 4.90 Å².